The molecule has 296 valence electrons. The number of hydrogen-bond acceptors (Lipinski definition) is 10. The van der Waals surface area contributed by atoms with Crippen molar-refractivity contribution >= 4 is 0 Å². The molecule has 6 aliphatic heterocycles. The zero-order chi connectivity index (χ0) is 37.5. The van der Waals surface area contributed by atoms with Crippen molar-refractivity contribution in [2.24, 2.45) is 41.4 Å². The molecule has 0 amide bonds. The van der Waals surface area contributed by atoms with Gasteiger partial charge in [-0.1, -0.05) is 32.9 Å². The number of halogens is 6. The number of fused-ring (bicyclic) bond motifs is 2. The fourth-order valence-electron chi connectivity index (χ4n) is 10.7. The summed E-state index contributed by atoms with van der Waals surface area (Å²) < 4.78 is 123. The Labute approximate surface area is 299 Å². The molecule has 8 rings (SSSR count). The van der Waals surface area contributed by atoms with Gasteiger partial charge in [-0.25, -0.2) is 14.7 Å². The summed E-state index contributed by atoms with van der Waals surface area (Å²) in [4.78, 5) is 16.8. The van der Waals surface area contributed by atoms with Crippen molar-refractivity contribution in [2.75, 3.05) is 19.8 Å². The Balaban J connectivity index is 1.06. The van der Waals surface area contributed by atoms with E-state index in [-0.39, 0.29) is 35.9 Å². The first kappa shape index (κ1) is 38.8. The van der Waals surface area contributed by atoms with Crippen molar-refractivity contribution in [3.63, 3.8) is 0 Å². The molecule has 14 atom stereocenters. The largest absolute Gasteiger partial charge is 0.456 e. The molecular formula is C36H50F6O10. The van der Waals surface area contributed by atoms with Crippen LogP contribution in [0.4, 0.5) is 26.3 Å². The minimum Gasteiger partial charge on any atom is -0.456 e. The highest BCUT2D eigenvalue weighted by Gasteiger charge is 2.75. The highest BCUT2D eigenvalue weighted by atomic mass is 19.4. The molecule has 3 unspecified atom stereocenters. The second kappa shape index (κ2) is 13.6. The van der Waals surface area contributed by atoms with E-state index in [1.54, 1.807) is 13.8 Å². The van der Waals surface area contributed by atoms with Gasteiger partial charge in [-0.2, -0.15) is 26.3 Å². The Kier molecular flexibility index (Phi) is 10.1. The topological polar surface area (TPSA) is 103 Å². The molecule has 0 aromatic rings. The lowest BCUT2D eigenvalue weighted by atomic mass is 9.56. The molecule has 0 aromatic heterocycles. The Morgan fingerprint density at radius 2 is 1.50 bits per heavy atom. The predicted octanol–water partition coefficient (Wildman–Crippen LogP) is 7.98. The van der Waals surface area contributed by atoms with Crippen molar-refractivity contribution in [1.82, 2.24) is 0 Å². The molecule has 5 saturated heterocycles. The third-order valence-corrected chi connectivity index (χ3v) is 13.4. The minimum atomic E-state index is -4.99. The maximum Gasteiger partial charge on any atom is 0.449 e. The van der Waals surface area contributed by atoms with Gasteiger partial charge >= 0.3 is 12.4 Å². The van der Waals surface area contributed by atoms with E-state index in [0.29, 0.717) is 51.4 Å². The summed E-state index contributed by atoms with van der Waals surface area (Å²) in [5, 5.41) is 10.3. The van der Waals surface area contributed by atoms with E-state index in [2.05, 4.69) is 0 Å². The number of hydrogen-bond donors (Lipinski definition) is 1. The molecule has 6 heterocycles. The summed E-state index contributed by atoms with van der Waals surface area (Å²) in [5.41, 5.74) is -2.90. The lowest BCUT2D eigenvalue weighted by molar-refractivity contribution is -0.557. The van der Waals surface area contributed by atoms with Crippen molar-refractivity contribution in [3.05, 3.63) is 23.5 Å². The standard InChI is InChI=1S/C36H50F6O10/c1-19-8-11-26-22(4)34(36(40,41)42,49-29-32(26,50-43)24(19)13-10-21(3)46-29)45-17-7-6-16-44-18-23-27-12-9-20(2)25-14-15-31(5)48-30(33(25,27)52-51-31)47-28(23)35(37,38)39/h6-7,19-22,24-27,29-30,43H,8-18H2,1-5H3/b7-6+/t19-,20-,21+,22-,24?,25?,26+,27+,29+,30-,31-,32?,33-,34-/m1/s1. The van der Waals surface area contributed by atoms with Crippen LogP contribution in [-0.4, -0.2) is 78.9 Å². The van der Waals surface area contributed by atoms with Crippen molar-refractivity contribution in [1.29, 1.82) is 0 Å². The highest BCUT2D eigenvalue weighted by molar-refractivity contribution is 5.28. The molecule has 52 heavy (non-hydrogen) atoms. The predicted molar refractivity (Wildman–Crippen MR) is 167 cm³/mol. The van der Waals surface area contributed by atoms with E-state index < -0.39 is 90.5 Å². The first-order valence-electron chi connectivity index (χ1n) is 18.5. The van der Waals surface area contributed by atoms with Crippen molar-refractivity contribution in [2.45, 2.75) is 140 Å². The molecule has 0 aromatic carbocycles. The molecule has 2 aliphatic carbocycles. The molecule has 1 spiro atoms. The van der Waals surface area contributed by atoms with E-state index in [1.165, 1.54) is 19.1 Å². The fourth-order valence-corrected chi connectivity index (χ4v) is 10.7. The minimum absolute atomic E-state index is 0.0602. The van der Waals surface area contributed by atoms with Gasteiger partial charge in [0.2, 0.25) is 17.8 Å². The molecule has 8 aliphatic rings. The van der Waals surface area contributed by atoms with Crippen molar-refractivity contribution < 1.29 is 74.7 Å². The van der Waals surface area contributed by atoms with Gasteiger partial charge in [0.15, 0.2) is 17.5 Å². The van der Waals surface area contributed by atoms with Crippen LogP contribution in [0, 0.1) is 41.4 Å². The molecule has 0 radical (unpaired) electrons. The lowest BCUT2D eigenvalue weighted by Gasteiger charge is -2.60. The van der Waals surface area contributed by atoms with Gasteiger partial charge < -0.3 is 28.4 Å². The molecular weight excluding hydrogens is 706 g/mol. The molecule has 7 fully saturated rings. The SMILES string of the molecule is C[C@@H]1CC[C@H]2[C@@H](C)[C@](OC/C=C/COCC3=C(C(F)(F)F)O[C@@H]4O[C@@]5(C)CCC6[C@H](C)CC[C@@H]3[C@]64OO5)(C(F)(F)F)O[C@@H]3O[C@@H](C)CCC1C32OO. The first-order chi connectivity index (χ1) is 24.4. The van der Waals surface area contributed by atoms with Gasteiger partial charge in [-0.15, -0.1) is 0 Å². The van der Waals surface area contributed by atoms with E-state index in [4.69, 9.17) is 43.1 Å². The zero-order valence-electron chi connectivity index (χ0n) is 30.1. The second-order valence-electron chi connectivity index (χ2n) is 16.3. The number of alkyl halides is 6. The average molecular weight is 757 g/mol. The third-order valence-electron chi connectivity index (χ3n) is 13.4. The molecule has 16 heteroatoms. The van der Waals surface area contributed by atoms with Crippen LogP contribution in [0.2, 0.25) is 0 Å². The number of rotatable bonds is 8. The van der Waals surface area contributed by atoms with E-state index in [1.807, 2.05) is 13.8 Å². The van der Waals surface area contributed by atoms with Gasteiger partial charge in [0.25, 0.3) is 5.79 Å². The van der Waals surface area contributed by atoms with Crippen LogP contribution in [0.1, 0.15) is 86.0 Å². The summed E-state index contributed by atoms with van der Waals surface area (Å²) in [5.74, 6) is -8.64. The maximum atomic E-state index is 15.1. The quantitative estimate of drug-likeness (QED) is 0.0863. The van der Waals surface area contributed by atoms with Crippen LogP contribution in [-0.2, 0) is 43.1 Å². The van der Waals surface area contributed by atoms with Gasteiger partial charge in [-0.05, 0) is 76.5 Å². The molecule has 10 nitrogen and oxygen atoms in total. The van der Waals surface area contributed by atoms with Gasteiger partial charge in [0.1, 0.15) is 0 Å². The Hall–Kier alpha value is -1.50. The van der Waals surface area contributed by atoms with E-state index in [0.717, 1.165) is 0 Å². The van der Waals surface area contributed by atoms with Gasteiger partial charge in [-0.3, -0.25) is 5.26 Å². The lowest BCUT2D eigenvalue weighted by Crippen LogP contribution is -2.74. The average Bonchev–Trinajstić information content (AvgIpc) is 3.38. The summed E-state index contributed by atoms with van der Waals surface area (Å²) in [6.07, 6.45) is -6.24. The maximum absolute atomic E-state index is 15.1. The number of allylic oxidation sites excluding steroid dienone is 1. The van der Waals surface area contributed by atoms with Crippen LogP contribution >= 0.6 is 0 Å². The smallest absolute Gasteiger partial charge is 0.449 e. The number of ether oxygens (including phenoxy) is 6. The molecule has 1 N–H and O–H groups in total. The van der Waals surface area contributed by atoms with Gasteiger partial charge in [0.05, 0.1) is 25.9 Å². The fraction of sp³-hybridized carbons (Fsp3) is 0.889. The van der Waals surface area contributed by atoms with Crippen LogP contribution in [0.25, 0.3) is 0 Å². The molecule has 2 bridgehead atoms. The Morgan fingerprint density at radius 1 is 0.808 bits per heavy atom. The van der Waals surface area contributed by atoms with Crippen LogP contribution in [0.5, 0.6) is 0 Å². The zero-order valence-corrected chi connectivity index (χ0v) is 30.1. The summed E-state index contributed by atoms with van der Waals surface area (Å²) in [7, 11) is 0. The van der Waals surface area contributed by atoms with Crippen LogP contribution in [0.15, 0.2) is 23.5 Å². The monoisotopic (exact) mass is 756 g/mol. The van der Waals surface area contributed by atoms with Gasteiger partial charge in [0, 0.05) is 35.7 Å². The second-order valence-corrected chi connectivity index (χ2v) is 16.3. The van der Waals surface area contributed by atoms with E-state index in [9.17, 15) is 18.4 Å². The molecule has 2 saturated carbocycles. The first-order valence-corrected chi connectivity index (χ1v) is 18.5. The normalized spacial score (nSPS) is 47.8. The summed E-state index contributed by atoms with van der Waals surface area (Å²) in [6.45, 7) is 7.55. The third kappa shape index (κ3) is 5.96. The summed E-state index contributed by atoms with van der Waals surface area (Å²) >= 11 is 0. The van der Waals surface area contributed by atoms with Crippen molar-refractivity contribution in [3.8, 4) is 0 Å². The Bertz CT molecular complexity index is 1390. The van der Waals surface area contributed by atoms with Crippen LogP contribution < -0.4 is 0 Å². The Morgan fingerprint density at radius 3 is 2.21 bits per heavy atom. The van der Waals surface area contributed by atoms with E-state index >= 15 is 13.2 Å². The highest BCUT2D eigenvalue weighted by Crippen LogP contribution is 2.63. The summed E-state index contributed by atoms with van der Waals surface area (Å²) in [6, 6.07) is 0. The van der Waals surface area contributed by atoms with Crippen LogP contribution in [0.3, 0.4) is 0 Å².